The van der Waals surface area contributed by atoms with E-state index in [4.69, 9.17) is 11.5 Å². The maximum atomic E-state index is 12.9. The third kappa shape index (κ3) is 4.47. The summed E-state index contributed by atoms with van der Waals surface area (Å²) in [6.45, 7) is 4.98. The van der Waals surface area contributed by atoms with Crippen molar-refractivity contribution >= 4 is 11.8 Å². The Kier molecular flexibility index (Phi) is 6.46. The first-order chi connectivity index (χ1) is 9.41. The summed E-state index contributed by atoms with van der Waals surface area (Å²) < 4.78 is 0. The van der Waals surface area contributed by atoms with Gasteiger partial charge in [0.15, 0.2) is 0 Å². The van der Waals surface area contributed by atoms with Gasteiger partial charge >= 0.3 is 0 Å². The minimum atomic E-state index is -0.485. The van der Waals surface area contributed by atoms with Crippen LogP contribution in [0.5, 0.6) is 0 Å². The lowest BCUT2D eigenvalue weighted by Gasteiger charge is -2.36. The quantitative estimate of drug-likeness (QED) is 0.719. The van der Waals surface area contributed by atoms with Crippen LogP contribution < -0.4 is 11.5 Å². The molecule has 2 amide bonds. The number of hydrogen-bond acceptors (Lipinski definition) is 3. The molecule has 1 saturated carbocycles. The smallest absolute Gasteiger partial charge is 0.237 e. The van der Waals surface area contributed by atoms with Gasteiger partial charge in [-0.05, 0) is 18.8 Å². The number of nitrogens with zero attached hydrogens (tertiary/aromatic N) is 1. The lowest BCUT2D eigenvalue weighted by molar-refractivity contribution is -0.145. The Bertz CT molecular complexity index is 334. The van der Waals surface area contributed by atoms with Crippen LogP contribution in [0.4, 0.5) is 0 Å². The fourth-order valence-electron chi connectivity index (χ4n) is 3.09. The van der Waals surface area contributed by atoms with E-state index in [1.807, 2.05) is 13.8 Å². The van der Waals surface area contributed by atoms with Crippen molar-refractivity contribution in [3.63, 3.8) is 0 Å². The highest BCUT2D eigenvalue weighted by molar-refractivity contribution is 5.87. The molecule has 116 valence electrons. The Labute approximate surface area is 122 Å². The molecule has 1 fully saturated rings. The van der Waals surface area contributed by atoms with E-state index in [9.17, 15) is 9.59 Å². The van der Waals surface area contributed by atoms with Crippen LogP contribution in [0.3, 0.4) is 0 Å². The first kappa shape index (κ1) is 17.0. The van der Waals surface area contributed by atoms with Crippen LogP contribution >= 0.6 is 0 Å². The minimum Gasteiger partial charge on any atom is -0.368 e. The number of carbonyl (C=O) groups is 2. The summed E-state index contributed by atoms with van der Waals surface area (Å²) in [7, 11) is 0. The summed E-state index contributed by atoms with van der Waals surface area (Å²) in [5.74, 6) is -0.131. The third-order valence-corrected chi connectivity index (χ3v) is 4.12. The molecule has 1 aliphatic carbocycles. The van der Waals surface area contributed by atoms with Gasteiger partial charge in [-0.25, -0.2) is 0 Å². The number of hydrogen-bond donors (Lipinski definition) is 2. The van der Waals surface area contributed by atoms with Crippen molar-refractivity contribution in [3.05, 3.63) is 0 Å². The lowest BCUT2D eigenvalue weighted by atomic mass is 9.78. The average molecular weight is 283 g/mol. The molecule has 0 aliphatic heterocycles. The van der Waals surface area contributed by atoms with Gasteiger partial charge < -0.3 is 16.4 Å². The van der Waals surface area contributed by atoms with E-state index in [1.165, 1.54) is 0 Å². The minimum absolute atomic E-state index is 0.00123. The fourth-order valence-corrected chi connectivity index (χ4v) is 3.09. The molecule has 0 bridgehead atoms. The second-order valence-electron chi connectivity index (χ2n) is 6.44. The molecule has 0 atom stereocenters. The summed E-state index contributed by atoms with van der Waals surface area (Å²) in [5.41, 5.74) is 10.7. The van der Waals surface area contributed by atoms with Gasteiger partial charge in [-0.3, -0.25) is 9.59 Å². The normalized spacial score (nSPS) is 18.6. The molecule has 0 aromatic carbocycles. The Morgan fingerprint density at radius 2 is 1.70 bits per heavy atom. The van der Waals surface area contributed by atoms with Crippen molar-refractivity contribution in [1.29, 1.82) is 0 Å². The van der Waals surface area contributed by atoms with Gasteiger partial charge in [0.25, 0.3) is 0 Å². The van der Waals surface area contributed by atoms with Gasteiger partial charge in [0.1, 0.15) is 0 Å². The second-order valence-corrected chi connectivity index (χ2v) is 6.44. The molecule has 1 aliphatic rings. The standard InChI is InChI=1S/C15H29N3O2/c1-12(2)9-18(10-13(17)19)14(20)15(11-16)7-5-3-4-6-8-15/h12H,3-11,16H2,1-2H3,(H2,17,19). The predicted octanol–water partition coefficient (Wildman–Crippen LogP) is 1.26. The zero-order valence-electron chi connectivity index (χ0n) is 12.9. The van der Waals surface area contributed by atoms with Crippen molar-refractivity contribution < 1.29 is 9.59 Å². The first-order valence-electron chi connectivity index (χ1n) is 7.69. The van der Waals surface area contributed by atoms with Crippen LogP contribution in [0.15, 0.2) is 0 Å². The van der Waals surface area contributed by atoms with Gasteiger partial charge in [0.05, 0.1) is 12.0 Å². The summed E-state index contributed by atoms with van der Waals surface area (Å²) in [6, 6.07) is 0. The van der Waals surface area contributed by atoms with Gasteiger partial charge in [-0.1, -0.05) is 39.5 Å². The summed E-state index contributed by atoms with van der Waals surface area (Å²) in [5, 5.41) is 0. The van der Waals surface area contributed by atoms with Crippen LogP contribution in [0, 0.1) is 11.3 Å². The maximum Gasteiger partial charge on any atom is 0.237 e. The molecule has 5 nitrogen and oxygen atoms in total. The van der Waals surface area contributed by atoms with Crippen molar-refractivity contribution in [2.24, 2.45) is 22.8 Å². The first-order valence-corrected chi connectivity index (χ1v) is 7.69. The van der Waals surface area contributed by atoms with E-state index in [-0.39, 0.29) is 12.5 Å². The maximum absolute atomic E-state index is 12.9. The molecule has 0 aromatic rings. The summed E-state index contributed by atoms with van der Waals surface area (Å²) in [6.07, 6.45) is 6.06. The highest BCUT2D eigenvalue weighted by Gasteiger charge is 2.40. The third-order valence-electron chi connectivity index (χ3n) is 4.12. The van der Waals surface area contributed by atoms with Crippen LogP contribution in [0.2, 0.25) is 0 Å². The fraction of sp³-hybridized carbons (Fsp3) is 0.867. The van der Waals surface area contributed by atoms with Crippen molar-refractivity contribution in [3.8, 4) is 0 Å². The molecule has 0 heterocycles. The van der Waals surface area contributed by atoms with Crippen LogP contribution in [0.25, 0.3) is 0 Å². The zero-order chi connectivity index (χ0) is 15.2. The number of rotatable bonds is 6. The molecular formula is C15H29N3O2. The summed E-state index contributed by atoms with van der Waals surface area (Å²) >= 11 is 0. The topological polar surface area (TPSA) is 89.4 Å². The molecule has 4 N–H and O–H groups in total. The highest BCUT2D eigenvalue weighted by atomic mass is 16.2. The molecule has 0 spiro atoms. The molecule has 0 aromatic heterocycles. The number of carbonyl (C=O) groups excluding carboxylic acids is 2. The molecule has 20 heavy (non-hydrogen) atoms. The van der Waals surface area contributed by atoms with E-state index < -0.39 is 11.3 Å². The molecule has 0 radical (unpaired) electrons. The van der Waals surface area contributed by atoms with Gasteiger partial charge in [0.2, 0.25) is 11.8 Å². The second kappa shape index (κ2) is 7.62. The van der Waals surface area contributed by atoms with E-state index >= 15 is 0 Å². The highest BCUT2D eigenvalue weighted by Crippen LogP contribution is 2.36. The predicted molar refractivity (Wildman–Crippen MR) is 79.8 cm³/mol. The van der Waals surface area contributed by atoms with Crippen LogP contribution in [-0.2, 0) is 9.59 Å². The van der Waals surface area contributed by atoms with E-state index in [1.54, 1.807) is 4.90 Å². The molecule has 1 rings (SSSR count). The van der Waals surface area contributed by atoms with Crippen molar-refractivity contribution in [1.82, 2.24) is 4.90 Å². The lowest BCUT2D eigenvalue weighted by Crippen LogP contribution is -2.51. The summed E-state index contributed by atoms with van der Waals surface area (Å²) in [4.78, 5) is 25.8. The van der Waals surface area contributed by atoms with Crippen LogP contribution in [0.1, 0.15) is 52.4 Å². The van der Waals surface area contributed by atoms with Crippen molar-refractivity contribution in [2.45, 2.75) is 52.4 Å². The number of nitrogens with two attached hydrogens (primary N) is 2. The number of amides is 2. The van der Waals surface area contributed by atoms with Gasteiger partial charge in [-0.15, -0.1) is 0 Å². The Hall–Kier alpha value is -1.10. The average Bonchev–Trinajstić information content (AvgIpc) is 2.62. The van der Waals surface area contributed by atoms with E-state index in [2.05, 4.69) is 0 Å². The van der Waals surface area contributed by atoms with Crippen LogP contribution in [-0.4, -0.2) is 36.3 Å². The monoisotopic (exact) mass is 283 g/mol. The Morgan fingerprint density at radius 1 is 1.15 bits per heavy atom. The Balaban J connectivity index is 2.90. The molecular weight excluding hydrogens is 254 g/mol. The number of primary amides is 1. The molecule has 0 saturated heterocycles. The largest absolute Gasteiger partial charge is 0.368 e. The molecule has 5 heteroatoms. The SMILES string of the molecule is CC(C)CN(CC(N)=O)C(=O)C1(CN)CCCCCC1. The van der Waals surface area contributed by atoms with E-state index in [0.717, 1.165) is 38.5 Å². The van der Waals surface area contributed by atoms with Gasteiger partial charge in [-0.2, -0.15) is 0 Å². The Morgan fingerprint density at radius 3 is 2.10 bits per heavy atom. The van der Waals surface area contributed by atoms with Gasteiger partial charge in [0, 0.05) is 13.1 Å². The van der Waals surface area contributed by atoms with Crippen molar-refractivity contribution in [2.75, 3.05) is 19.6 Å². The zero-order valence-corrected chi connectivity index (χ0v) is 12.9. The molecule has 0 unspecified atom stereocenters. The van der Waals surface area contributed by atoms with E-state index in [0.29, 0.717) is 19.0 Å².